The molecule has 2 unspecified atom stereocenters. The lowest BCUT2D eigenvalue weighted by Crippen LogP contribution is -2.48. The molecule has 1 amide bonds. The smallest absolute Gasteiger partial charge is 0.236 e. The van der Waals surface area contributed by atoms with Gasteiger partial charge in [-0.2, -0.15) is 0 Å². The highest BCUT2D eigenvalue weighted by Crippen LogP contribution is 2.21. The first-order valence-corrected chi connectivity index (χ1v) is 7.30. The molecule has 2 saturated heterocycles. The normalized spacial score (nSPS) is 34.1. The summed E-state index contributed by atoms with van der Waals surface area (Å²) in [4.78, 5) is 16.3. The van der Waals surface area contributed by atoms with Gasteiger partial charge in [-0.05, 0) is 39.7 Å². The van der Waals surface area contributed by atoms with Gasteiger partial charge in [0.25, 0.3) is 0 Å². The van der Waals surface area contributed by atoms with Crippen molar-refractivity contribution in [3.8, 4) is 0 Å². The lowest BCUT2D eigenvalue weighted by Gasteiger charge is -2.33. The molecule has 0 radical (unpaired) electrons. The first-order valence-electron chi connectivity index (χ1n) is 7.30. The highest BCUT2D eigenvalue weighted by molar-refractivity contribution is 5.78. The molecule has 0 aromatic rings. The van der Waals surface area contributed by atoms with Crippen LogP contribution in [0.2, 0.25) is 0 Å². The van der Waals surface area contributed by atoms with E-state index in [1.54, 1.807) is 0 Å². The summed E-state index contributed by atoms with van der Waals surface area (Å²) in [5.74, 6) is 0.191. The number of ether oxygens (including phenoxy) is 1. The van der Waals surface area contributed by atoms with E-state index in [1.807, 2.05) is 18.7 Å². The minimum absolute atomic E-state index is 0.141. The zero-order valence-electron chi connectivity index (χ0n) is 12.1. The molecule has 1 N–H and O–H groups in total. The van der Waals surface area contributed by atoms with Crippen molar-refractivity contribution >= 4 is 5.91 Å². The maximum atomic E-state index is 12.3. The van der Waals surface area contributed by atoms with Crippen LogP contribution < -0.4 is 0 Å². The fourth-order valence-electron chi connectivity index (χ4n) is 2.81. The van der Waals surface area contributed by atoms with Crippen LogP contribution in [-0.4, -0.2) is 71.8 Å². The van der Waals surface area contributed by atoms with Crippen molar-refractivity contribution in [3.63, 3.8) is 0 Å². The largest absolute Gasteiger partial charge is 0.390 e. The van der Waals surface area contributed by atoms with Gasteiger partial charge in [-0.15, -0.1) is 0 Å². The quantitative estimate of drug-likeness (QED) is 0.792. The molecule has 0 saturated carbocycles. The minimum Gasteiger partial charge on any atom is -0.390 e. The summed E-state index contributed by atoms with van der Waals surface area (Å²) in [7, 11) is 0. The molecule has 5 nitrogen and oxygen atoms in total. The summed E-state index contributed by atoms with van der Waals surface area (Å²) in [6.07, 6.45) is 2.67. The van der Waals surface area contributed by atoms with Crippen LogP contribution in [0.25, 0.3) is 0 Å². The van der Waals surface area contributed by atoms with Crippen LogP contribution in [0.1, 0.15) is 33.1 Å². The molecule has 2 heterocycles. The van der Waals surface area contributed by atoms with Crippen LogP contribution >= 0.6 is 0 Å². The Hall–Kier alpha value is -0.650. The zero-order valence-corrected chi connectivity index (χ0v) is 12.1. The predicted molar refractivity (Wildman–Crippen MR) is 72.9 cm³/mol. The van der Waals surface area contributed by atoms with Crippen molar-refractivity contribution in [1.82, 2.24) is 9.80 Å². The molecule has 2 atom stereocenters. The van der Waals surface area contributed by atoms with Crippen molar-refractivity contribution in [3.05, 3.63) is 0 Å². The minimum atomic E-state index is -0.564. The van der Waals surface area contributed by atoms with Gasteiger partial charge in [-0.1, -0.05) is 0 Å². The standard InChI is InChI=1S/C14H26N2O3/c1-12-10-16(8-9-19-12)13(17)11-15-6-3-4-14(2,18)5-7-15/h12,18H,3-11H2,1-2H3. The summed E-state index contributed by atoms with van der Waals surface area (Å²) in [6.45, 7) is 8.12. The Morgan fingerprint density at radius 3 is 2.89 bits per heavy atom. The third kappa shape index (κ3) is 4.44. The van der Waals surface area contributed by atoms with Gasteiger partial charge in [0.15, 0.2) is 0 Å². The third-order valence-electron chi connectivity index (χ3n) is 4.11. The molecule has 19 heavy (non-hydrogen) atoms. The van der Waals surface area contributed by atoms with Gasteiger partial charge in [-0.3, -0.25) is 9.69 Å². The SMILES string of the molecule is CC1CN(C(=O)CN2CCCC(C)(O)CC2)CCO1. The molecule has 110 valence electrons. The average Bonchev–Trinajstić information content (AvgIpc) is 2.51. The van der Waals surface area contributed by atoms with Crippen molar-refractivity contribution in [2.24, 2.45) is 0 Å². The van der Waals surface area contributed by atoms with Gasteiger partial charge in [0.1, 0.15) is 0 Å². The molecule has 0 aromatic carbocycles. The van der Waals surface area contributed by atoms with Gasteiger partial charge in [0.05, 0.1) is 24.9 Å². The number of nitrogens with zero attached hydrogens (tertiary/aromatic N) is 2. The Morgan fingerprint density at radius 1 is 1.37 bits per heavy atom. The number of morpholine rings is 1. The van der Waals surface area contributed by atoms with E-state index in [2.05, 4.69) is 4.90 Å². The molecule has 0 spiro atoms. The Balaban J connectivity index is 1.81. The van der Waals surface area contributed by atoms with Gasteiger partial charge >= 0.3 is 0 Å². The van der Waals surface area contributed by atoms with Crippen LogP contribution in [0.15, 0.2) is 0 Å². The number of carbonyl (C=O) groups excluding carboxylic acids is 1. The molecule has 0 aliphatic carbocycles. The summed E-state index contributed by atoms with van der Waals surface area (Å²) >= 11 is 0. The summed E-state index contributed by atoms with van der Waals surface area (Å²) in [5, 5.41) is 10.1. The average molecular weight is 270 g/mol. The van der Waals surface area contributed by atoms with Crippen LogP contribution in [0, 0.1) is 0 Å². The number of hydrogen-bond acceptors (Lipinski definition) is 4. The molecule has 2 aliphatic heterocycles. The van der Waals surface area contributed by atoms with E-state index in [0.29, 0.717) is 26.2 Å². The molecule has 0 bridgehead atoms. The maximum absolute atomic E-state index is 12.3. The van der Waals surface area contributed by atoms with E-state index in [0.717, 1.165) is 32.4 Å². The van der Waals surface area contributed by atoms with Crippen LogP contribution in [0.5, 0.6) is 0 Å². The Morgan fingerprint density at radius 2 is 2.16 bits per heavy atom. The third-order valence-corrected chi connectivity index (χ3v) is 4.11. The maximum Gasteiger partial charge on any atom is 0.236 e. The highest BCUT2D eigenvalue weighted by Gasteiger charge is 2.27. The van der Waals surface area contributed by atoms with Crippen LogP contribution in [0.4, 0.5) is 0 Å². The highest BCUT2D eigenvalue weighted by atomic mass is 16.5. The topological polar surface area (TPSA) is 53.0 Å². The van der Waals surface area contributed by atoms with Gasteiger partial charge in [0, 0.05) is 19.6 Å². The number of amides is 1. The zero-order chi connectivity index (χ0) is 13.9. The number of carbonyl (C=O) groups is 1. The van der Waals surface area contributed by atoms with Gasteiger partial charge in [-0.25, -0.2) is 0 Å². The molecule has 2 fully saturated rings. The van der Waals surface area contributed by atoms with Crippen LogP contribution in [0.3, 0.4) is 0 Å². The second-order valence-electron chi connectivity index (χ2n) is 6.15. The van der Waals surface area contributed by atoms with E-state index >= 15 is 0 Å². The number of hydrogen-bond donors (Lipinski definition) is 1. The Labute approximate surface area is 115 Å². The monoisotopic (exact) mass is 270 g/mol. The number of likely N-dealkylation sites (tertiary alicyclic amines) is 1. The second-order valence-corrected chi connectivity index (χ2v) is 6.15. The lowest BCUT2D eigenvalue weighted by molar-refractivity contribution is -0.139. The van der Waals surface area contributed by atoms with Crippen molar-refractivity contribution in [2.45, 2.75) is 44.8 Å². The van der Waals surface area contributed by atoms with E-state index < -0.39 is 5.60 Å². The van der Waals surface area contributed by atoms with Crippen LogP contribution in [-0.2, 0) is 9.53 Å². The van der Waals surface area contributed by atoms with Gasteiger partial charge < -0.3 is 14.7 Å². The first-order chi connectivity index (χ1) is 8.96. The molecular formula is C14H26N2O3. The summed E-state index contributed by atoms with van der Waals surface area (Å²) in [5.41, 5.74) is -0.564. The van der Waals surface area contributed by atoms with Crippen molar-refractivity contribution < 1.29 is 14.6 Å². The molecule has 2 rings (SSSR count). The van der Waals surface area contributed by atoms with E-state index in [1.165, 1.54) is 0 Å². The summed E-state index contributed by atoms with van der Waals surface area (Å²) < 4.78 is 5.45. The lowest BCUT2D eigenvalue weighted by atomic mass is 9.98. The number of aliphatic hydroxyl groups is 1. The predicted octanol–water partition coefficient (Wildman–Crippen LogP) is 0.471. The second kappa shape index (κ2) is 6.20. The Kier molecular flexibility index (Phi) is 4.81. The van der Waals surface area contributed by atoms with Crippen molar-refractivity contribution in [1.29, 1.82) is 0 Å². The van der Waals surface area contributed by atoms with Crippen molar-refractivity contribution in [2.75, 3.05) is 39.3 Å². The van der Waals surface area contributed by atoms with E-state index in [-0.39, 0.29) is 12.0 Å². The van der Waals surface area contributed by atoms with E-state index in [4.69, 9.17) is 4.74 Å². The van der Waals surface area contributed by atoms with Gasteiger partial charge in [0.2, 0.25) is 5.91 Å². The fourth-order valence-corrected chi connectivity index (χ4v) is 2.81. The number of rotatable bonds is 2. The summed E-state index contributed by atoms with van der Waals surface area (Å²) in [6, 6.07) is 0. The molecule has 2 aliphatic rings. The first kappa shape index (κ1) is 14.8. The molecular weight excluding hydrogens is 244 g/mol. The molecule has 5 heteroatoms. The van der Waals surface area contributed by atoms with E-state index in [9.17, 15) is 9.90 Å². The Bertz CT molecular complexity index is 320. The molecule has 0 aromatic heterocycles. The fraction of sp³-hybridized carbons (Fsp3) is 0.929.